The van der Waals surface area contributed by atoms with E-state index in [1.807, 2.05) is 54.6 Å². The van der Waals surface area contributed by atoms with Crippen molar-refractivity contribution < 1.29 is 4.74 Å². The van der Waals surface area contributed by atoms with Crippen LogP contribution in [0.1, 0.15) is 44.6 Å². The number of unbranched alkanes of at least 4 members (excludes halogenated alkanes) is 1. The number of benzene rings is 2. The van der Waals surface area contributed by atoms with Gasteiger partial charge in [0.15, 0.2) is 0 Å². The van der Waals surface area contributed by atoms with E-state index in [0.717, 1.165) is 62.4 Å². The van der Waals surface area contributed by atoms with E-state index in [0.29, 0.717) is 17.8 Å². The molecule has 33 heavy (non-hydrogen) atoms. The monoisotopic (exact) mass is 445 g/mol. The van der Waals surface area contributed by atoms with Crippen molar-refractivity contribution in [2.45, 2.75) is 39.0 Å². The normalized spacial score (nSPS) is 13.8. The first kappa shape index (κ1) is 22.5. The zero-order valence-corrected chi connectivity index (χ0v) is 19.1. The van der Waals surface area contributed by atoms with Crippen LogP contribution in [0.4, 0.5) is 23.5 Å². The molecule has 8 nitrogen and oxygen atoms in total. The Kier molecular flexibility index (Phi) is 8.05. The van der Waals surface area contributed by atoms with Crippen molar-refractivity contribution in [1.29, 1.82) is 0 Å². The Morgan fingerprint density at radius 1 is 0.939 bits per heavy atom. The van der Waals surface area contributed by atoms with E-state index in [4.69, 9.17) is 4.74 Å². The van der Waals surface area contributed by atoms with Gasteiger partial charge in [-0.05, 0) is 67.6 Å². The number of hydrazone groups is 1. The van der Waals surface area contributed by atoms with Crippen LogP contribution in [0.5, 0.6) is 5.75 Å². The summed E-state index contributed by atoms with van der Waals surface area (Å²) in [6.07, 6.45) is 7.45. The van der Waals surface area contributed by atoms with Gasteiger partial charge in [0.05, 0.1) is 12.8 Å². The lowest BCUT2D eigenvalue weighted by molar-refractivity contribution is 0.309. The Hall–Kier alpha value is -3.68. The fourth-order valence-corrected chi connectivity index (χ4v) is 3.51. The van der Waals surface area contributed by atoms with Crippen LogP contribution in [0.15, 0.2) is 59.7 Å². The van der Waals surface area contributed by atoms with Crippen LogP contribution in [0.3, 0.4) is 0 Å². The molecule has 0 unspecified atom stereocenters. The second-order valence-corrected chi connectivity index (χ2v) is 7.96. The lowest BCUT2D eigenvalue weighted by atomic mass is 10.1. The zero-order valence-electron chi connectivity index (χ0n) is 19.1. The maximum Gasteiger partial charge on any atom is 0.250 e. The number of rotatable bonds is 10. The molecule has 0 atom stereocenters. The summed E-state index contributed by atoms with van der Waals surface area (Å²) in [6, 6.07) is 17.7. The number of aromatic nitrogens is 3. The molecule has 8 heteroatoms. The number of para-hydroxylation sites is 1. The number of piperidine rings is 1. The molecule has 0 saturated carbocycles. The zero-order chi connectivity index (χ0) is 22.7. The fourth-order valence-electron chi connectivity index (χ4n) is 3.51. The summed E-state index contributed by atoms with van der Waals surface area (Å²) in [4.78, 5) is 16.0. The van der Waals surface area contributed by atoms with Crippen LogP contribution < -0.4 is 20.4 Å². The van der Waals surface area contributed by atoms with Gasteiger partial charge in [-0.15, -0.1) is 0 Å². The van der Waals surface area contributed by atoms with Crippen molar-refractivity contribution in [3.63, 3.8) is 0 Å². The van der Waals surface area contributed by atoms with E-state index in [9.17, 15) is 0 Å². The van der Waals surface area contributed by atoms with Crippen LogP contribution in [0, 0.1) is 0 Å². The van der Waals surface area contributed by atoms with Gasteiger partial charge in [0, 0.05) is 18.8 Å². The van der Waals surface area contributed by atoms with Crippen molar-refractivity contribution in [3.05, 3.63) is 60.2 Å². The average Bonchev–Trinajstić information content (AvgIpc) is 2.86. The third-order valence-corrected chi connectivity index (χ3v) is 5.32. The van der Waals surface area contributed by atoms with Crippen molar-refractivity contribution in [2.24, 2.45) is 5.10 Å². The van der Waals surface area contributed by atoms with Gasteiger partial charge in [-0.2, -0.15) is 20.1 Å². The molecule has 0 amide bonds. The molecule has 0 aliphatic carbocycles. The van der Waals surface area contributed by atoms with E-state index < -0.39 is 0 Å². The highest BCUT2D eigenvalue weighted by Gasteiger charge is 2.16. The van der Waals surface area contributed by atoms with Gasteiger partial charge < -0.3 is 15.0 Å². The van der Waals surface area contributed by atoms with Gasteiger partial charge >= 0.3 is 0 Å². The van der Waals surface area contributed by atoms with Gasteiger partial charge in [-0.25, -0.2) is 5.43 Å². The summed E-state index contributed by atoms with van der Waals surface area (Å²) >= 11 is 0. The largest absolute Gasteiger partial charge is 0.494 e. The highest BCUT2D eigenvalue weighted by molar-refractivity contribution is 5.80. The molecule has 1 saturated heterocycles. The molecule has 4 rings (SSSR count). The summed E-state index contributed by atoms with van der Waals surface area (Å²) in [5.41, 5.74) is 4.84. The summed E-state index contributed by atoms with van der Waals surface area (Å²) in [5, 5.41) is 7.60. The quantitative estimate of drug-likeness (QED) is 0.251. The summed E-state index contributed by atoms with van der Waals surface area (Å²) in [6.45, 7) is 4.79. The Balaban J connectivity index is 1.45. The third-order valence-electron chi connectivity index (χ3n) is 5.32. The molecule has 2 heterocycles. The SMILES string of the molecule is CCCCOc1ccc(/C=N/Nc2nc(Nc3ccccc3)nc(N3CCCCC3)n2)cc1. The molecule has 1 aliphatic rings. The molecule has 0 bridgehead atoms. The smallest absolute Gasteiger partial charge is 0.250 e. The predicted molar refractivity (Wildman–Crippen MR) is 134 cm³/mol. The highest BCUT2D eigenvalue weighted by Crippen LogP contribution is 2.20. The van der Waals surface area contributed by atoms with E-state index in [1.54, 1.807) is 6.21 Å². The fraction of sp³-hybridized carbons (Fsp3) is 0.360. The van der Waals surface area contributed by atoms with Crippen LogP contribution in [0.25, 0.3) is 0 Å². The minimum absolute atomic E-state index is 0.403. The number of nitrogens with zero attached hydrogens (tertiary/aromatic N) is 5. The molecule has 1 aromatic heterocycles. The molecule has 0 spiro atoms. The molecule has 1 aliphatic heterocycles. The van der Waals surface area contributed by atoms with Crippen molar-refractivity contribution >= 4 is 29.7 Å². The first-order valence-corrected chi connectivity index (χ1v) is 11.7. The Bertz CT molecular complexity index is 1020. The summed E-state index contributed by atoms with van der Waals surface area (Å²) < 4.78 is 5.71. The van der Waals surface area contributed by atoms with Crippen LogP contribution in [0.2, 0.25) is 0 Å². The van der Waals surface area contributed by atoms with Gasteiger partial charge in [0.2, 0.25) is 17.8 Å². The summed E-state index contributed by atoms with van der Waals surface area (Å²) in [7, 11) is 0. The van der Waals surface area contributed by atoms with Crippen LogP contribution in [-0.4, -0.2) is 40.9 Å². The van der Waals surface area contributed by atoms with E-state index in [-0.39, 0.29) is 0 Å². The number of hydrogen-bond donors (Lipinski definition) is 2. The predicted octanol–water partition coefficient (Wildman–Crippen LogP) is 5.23. The second kappa shape index (κ2) is 11.8. The molecule has 0 radical (unpaired) electrons. The molecule has 2 N–H and O–H groups in total. The highest BCUT2D eigenvalue weighted by atomic mass is 16.5. The topological polar surface area (TPSA) is 87.6 Å². The lowest BCUT2D eigenvalue weighted by Crippen LogP contribution is -2.31. The molecular formula is C25H31N7O. The van der Waals surface area contributed by atoms with Gasteiger partial charge in [0.1, 0.15) is 5.75 Å². The first-order valence-electron chi connectivity index (χ1n) is 11.7. The van der Waals surface area contributed by atoms with Crippen molar-refractivity contribution in [1.82, 2.24) is 15.0 Å². The van der Waals surface area contributed by atoms with E-state index >= 15 is 0 Å². The standard InChI is InChI=1S/C25H31N7O/c1-2-3-18-33-22-14-12-20(13-15-22)19-26-31-24-28-23(27-21-10-6-4-7-11-21)29-25(30-24)32-16-8-5-9-17-32/h4,6-7,10-15,19H,2-3,5,8-9,16-18H2,1H3,(H2,27,28,29,30,31)/b26-19+. The number of hydrogen-bond acceptors (Lipinski definition) is 8. The van der Waals surface area contributed by atoms with Gasteiger partial charge in [-0.3, -0.25) is 0 Å². The molecule has 172 valence electrons. The van der Waals surface area contributed by atoms with Gasteiger partial charge in [-0.1, -0.05) is 31.5 Å². The third kappa shape index (κ3) is 6.90. The van der Waals surface area contributed by atoms with E-state index in [2.05, 4.69) is 42.6 Å². The van der Waals surface area contributed by atoms with Crippen molar-refractivity contribution in [2.75, 3.05) is 35.3 Å². The van der Waals surface area contributed by atoms with Gasteiger partial charge in [0.25, 0.3) is 0 Å². The molecule has 2 aromatic carbocycles. The lowest BCUT2D eigenvalue weighted by Gasteiger charge is -2.26. The molecular weight excluding hydrogens is 414 g/mol. The maximum atomic E-state index is 5.71. The Morgan fingerprint density at radius 2 is 1.70 bits per heavy atom. The van der Waals surface area contributed by atoms with E-state index in [1.165, 1.54) is 6.42 Å². The number of anilines is 4. The summed E-state index contributed by atoms with van der Waals surface area (Å²) in [5.74, 6) is 2.42. The molecule has 3 aromatic rings. The number of nitrogens with one attached hydrogen (secondary N) is 2. The minimum atomic E-state index is 0.403. The Labute approximate surface area is 195 Å². The molecule has 1 fully saturated rings. The minimum Gasteiger partial charge on any atom is -0.494 e. The van der Waals surface area contributed by atoms with Crippen LogP contribution in [-0.2, 0) is 0 Å². The Morgan fingerprint density at radius 3 is 2.45 bits per heavy atom. The first-order chi connectivity index (χ1) is 16.3. The number of ether oxygens (including phenoxy) is 1. The maximum absolute atomic E-state index is 5.71. The van der Waals surface area contributed by atoms with Crippen molar-refractivity contribution in [3.8, 4) is 5.75 Å². The van der Waals surface area contributed by atoms with Crippen LogP contribution >= 0.6 is 0 Å². The second-order valence-electron chi connectivity index (χ2n) is 7.96. The average molecular weight is 446 g/mol.